The van der Waals surface area contributed by atoms with Crippen LogP contribution in [0.25, 0.3) is 0 Å². The van der Waals surface area contributed by atoms with Crippen LogP contribution in [0.4, 0.5) is 0 Å². The summed E-state index contributed by atoms with van der Waals surface area (Å²) in [5, 5.41) is 0. The van der Waals surface area contributed by atoms with Gasteiger partial charge >= 0.3 is 0 Å². The molecule has 0 aromatic heterocycles. The molecule has 2 heteroatoms. The third-order valence-electron chi connectivity index (χ3n) is 5.06. The van der Waals surface area contributed by atoms with E-state index in [1.54, 1.807) is 0 Å². The fourth-order valence-corrected chi connectivity index (χ4v) is 3.97. The van der Waals surface area contributed by atoms with Gasteiger partial charge in [-0.2, -0.15) is 0 Å². The first kappa shape index (κ1) is 10.1. The molecule has 15 heavy (non-hydrogen) atoms. The van der Waals surface area contributed by atoms with E-state index >= 15 is 0 Å². The quantitative estimate of drug-likeness (QED) is 0.753. The fraction of sp³-hybridized carbons (Fsp3) is 1.00. The van der Waals surface area contributed by atoms with E-state index in [1.807, 2.05) is 0 Å². The Morgan fingerprint density at radius 2 is 1.80 bits per heavy atom. The minimum absolute atomic E-state index is 0.459. The molecule has 3 rings (SSSR count). The minimum Gasteiger partial charge on any atom is -0.329 e. The maximum absolute atomic E-state index is 5.98. The highest BCUT2D eigenvalue weighted by molar-refractivity contribution is 5.08. The molecule has 1 heterocycles. The first-order valence-electron chi connectivity index (χ1n) is 6.83. The second-order valence-electron chi connectivity index (χ2n) is 5.88. The van der Waals surface area contributed by atoms with Crippen molar-refractivity contribution in [3.63, 3.8) is 0 Å². The number of rotatable bonds is 2. The molecule has 0 aromatic carbocycles. The van der Waals surface area contributed by atoms with E-state index in [0.717, 1.165) is 18.5 Å². The molecule has 0 spiro atoms. The van der Waals surface area contributed by atoms with Crippen molar-refractivity contribution in [3.8, 4) is 0 Å². The molecule has 1 saturated heterocycles. The predicted molar refractivity (Wildman–Crippen MR) is 62.7 cm³/mol. The van der Waals surface area contributed by atoms with Gasteiger partial charge < -0.3 is 5.73 Å². The zero-order valence-corrected chi connectivity index (χ0v) is 9.75. The summed E-state index contributed by atoms with van der Waals surface area (Å²) in [5.41, 5.74) is 6.44. The van der Waals surface area contributed by atoms with Gasteiger partial charge in [0.15, 0.2) is 0 Å². The summed E-state index contributed by atoms with van der Waals surface area (Å²) in [5.74, 6) is 1.01. The van der Waals surface area contributed by atoms with Crippen LogP contribution in [0.2, 0.25) is 0 Å². The molecule has 3 fully saturated rings. The van der Waals surface area contributed by atoms with E-state index in [2.05, 4.69) is 4.90 Å². The number of fused-ring (bicyclic) bond motifs is 1. The summed E-state index contributed by atoms with van der Waals surface area (Å²) in [4.78, 5) is 2.82. The van der Waals surface area contributed by atoms with E-state index in [4.69, 9.17) is 5.73 Å². The van der Waals surface area contributed by atoms with Crippen molar-refractivity contribution in [1.82, 2.24) is 4.90 Å². The average Bonchev–Trinajstić information content (AvgIpc) is 3.09. The molecule has 0 unspecified atom stereocenters. The van der Waals surface area contributed by atoms with Crippen LogP contribution in [0.1, 0.15) is 51.4 Å². The van der Waals surface area contributed by atoms with Gasteiger partial charge in [0, 0.05) is 18.1 Å². The number of nitrogens with two attached hydrogens (primary N) is 1. The molecular weight excluding hydrogens is 184 g/mol. The number of hydrogen-bond donors (Lipinski definition) is 1. The Labute approximate surface area is 93.2 Å². The lowest BCUT2D eigenvalue weighted by Crippen LogP contribution is -2.55. The Balaban J connectivity index is 1.76. The molecule has 1 aliphatic heterocycles. The van der Waals surface area contributed by atoms with Gasteiger partial charge in [-0.25, -0.2) is 0 Å². The van der Waals surface area contributed by atoms with Crippen molar-refractivity contribution in [3.05, 3.63) is 0 Å². The van der Waals surface area contributed by atoms with Crippen LogP contribution < -0.4 is 5.73 Å². The average molecular weight is 208 g/mol. The highest BCUT2D eigenvalue weighted by Gasteiger charge is 2.51. The van der Waals surface area contributed by atoms with Gasteiger partial charge in [-0.3, -0.25) is 4.90 Å². The van der Waals surface area contributed by atoms with E-state index in [1.165, 1.54) is 57.9 Å². The summed E-state index contributed by atoms with van der Waals surface area (Å²) >= 11 is 0. The summed E-state index contributed by atoms with van der Waals surface area (Å²) in [7, 11) is 0. The van der Waals surface area contributed by atoms with Crippen LogP contribution in [0.3, 0.4) is 0 Å². The van der Waals surface area contributed by atoms with Gasteiger partial charge in [0.2, 0.25) is 0 Å². The van der Waals surface area contributed by atoms with Gasteiger partial charge in [0.25, 0.3) is 0 Å². The van der Waals surface area contributed by atoms with Crippen molar-refractivity contribution < 1.29 is 0 Å². The van der Waals surface area contributed by atoms with E-state index < -0.39 is 0 Å². The second kappa shape index (κ2) is 3.74. The zero-order valence-electron chi connectivity index (χ0n) is 9.75. The van der Waals surface area contributed by atoms with Crippen LogP contribution in [0.15, 0.2) is 0 Å². The monoisotopic (exact) mass is 208 g/mol. The first-order chi connectivity index (χ1) is 7.36. The van der Waals surface area contributed by atoms with Crippen LogP contribution >= 0.6 is 0 Å². The lowest BCUT2D eigenvalue weighted by Gasteiger charge is -2.48. The van der Waals surface area contributed by atoms with Gasteiger partial charge in [-0.05, 0) is 51.0 Å². The molecule has 2 aliphatic carbocycles. The Kier molecular flexibility index (Phi) is 2.52. The Morgan fingerprint density at radius 1 is 1.07 bits per heavy atom. The van der Waals surface area contributed by atoms with E-state index in [-0.39, 0.29) is 0 Å². The number of nitrogens with zero attached hydrogens (tertiary/aromatic N) is 1. The summed E-state index contributed by atoms with van der Waals surface area (Å²) in [6, 6.07) is 0.901. The zero-order chi connectivity index (χ0) is 10.3. The molecular formula is C13H24N2. The molecule has 0 radical (unpaired) electrons. The third kappa shape index (κ3) is 1.62. The molecule has 86 valence electrons. The lowest BCUT2D eigenvalue weighted by molar-refractivity contribution is 0.0180. The Morgan fingerprint density at radius 3 is 2.53 bits per heavy atom. The normalized spacial score (nSPS) is 39.8. The summed E-state index contributed by atoms with van der Waals surface area (Å²) in [6.45, 7) is 2.23. The van der Waals surface area contributed by atoms with Crippen molar-refractivity contribution in [2.75, 3.05) is 13.1 Å². The molecule has 2 saturated carbocycles. The maximum Gasteiger partial charge on any atom is 0.0336 e. The predicted octanol–water partition coefficient (Wildman–Crippen LogP) is 2.13. The number of hydrogen-bond acceptors (Lipinski definition) is 2. The molecule has 2 N–H and O–H groups in total. The van der Waals surface area contributed by atoms with E-state index in [9.17, 15) is 0 Å². The molecule has 0 bridgehead atoms. The van der Waals surface area contributed by atoms with Crippen LogP contribution in [-0.2, 0) is 0 Å². The van der Waals surface area contributed by atoms with Crippen molar-refractivity contribution in [1.29, 1.82) is 0 Å². The number of likely N-dealkylation sites (tertiary alicyclic amines) is 1. The van der Waals surface area contributed by atoms with Crippen molar-refractivity contribution in [2.24, 2.45) is 11.7 Å². The largest absolute Gasteiger partial charge is 0.329 e. The third-order valence-corrected chi connectivity index (χ3v) is 5.06. The van der Waals surface area contributed by atoms with Gasteiger partial charge in [-0.15, -0.1) is 0 Å². The number of piperidine rings is 1. The highest BCUT2D eigenvalue weighted by atomic mass is 15.3. The smallest absolute Gasteiger partial charge is 0.0336 e. The molecule has 0 aromatic rings. The Hall–Kier alpha value is -0.0800. The van der Waals surface area contributed by atoms with Crippen LogP contribution in [0.5, 0.6) is 0 Å². The first-order valence-corrected chi connectivity index (χ1v) is 6.83. The van der Waals surface area contributed by atoms with Gasteiger partial charge in [0.05, 0.1) is 0 Å². The summed E-state index contributed by atoms with van der Waals surface area (Å²) < 4.78 is 0. The highest BCUT2D eigenvalue weighted by Crippen LogP contribution is 2.47. The van der Waals surface area contributed by atoms with Crippen LogP contribution in [0, 0.1) is 5.92 Å². The Bertz CT molecular complexity index is 233. The topological polar surface area (TPSA) is 29.3 Å². The fourth-order valence-electron chi connectivity index (χ4n) is 3.97. The molecule has 2 nitrogen and oxygen atoms in total. The van der Waals surface area contributed by atoms with Gasteiger partial charge in [0.1, 0.15) is 0 Å². The minimum atomic E-state index is 0.459. The molecule has 2 atom stereocenters. The van der Waals surface area contributed by atoms with Crippen LogP contribution in [-0.4, -0.2) is 29.6 Å². The molecule has 3 aliphatic rings. The second-order valence-corrected chi connectivity index (χ2v) is 5.88. The van der Waals surface area contributed by atoms with E-state index in [0.29, 0.717) is 5.54 Å². The SMILES string of the molecule is NCC1(N2CCC[C@H]3CCCC[C@H]32)CC1. The maximum atomic E-state index is 5.98. The molecule has 0 amide bonds. The lowest BCUT2D eigenvalue weighted by atomic mass is 9.77. The van der Waals surface area contributed by atoms with Crippen molar-refractivity contribution >= 4 is 0 Å². The van der Waals surface area contributed by atoms with Crippen molar-refractivity contribution in [2.45, 2.75) is 62.9 Å². The summed E-state index contributed by atoms with van der Waals surface area (Å²) in [6.07, 6.45) is 11.5. The van der Waals surface area contributed by atoms with Gasteiger partial charge in [-0.1, -0.05) is 12.8 Å². The standard InChI is InChI=1S/C13H24N2/c14-10-13(7-8-13)15-9-3-5-11-4-1-2-6-12(11)15/h11-12H,1-10,14H2/t11-,12-/m1/s1.